The monoisotopic (exact) mass is 419 g/mol. The Kier molecular flexibility index (Phi) is 6.91. The van der Waals surface area contributed by atoms with Crippen molar-refractivity contribution in [2.24, 2.45) is 5.18 Å². The number of hydrogen-bond donors (Lipinski definition) is 1. The average Bonchev–Trinajstić information content (AvgIpc) is 3.05. The largest absolute Gasteiger partial charge is 0.510 e. The van der Waals surface area contributed by atoms with Crippen LogP contribution in [0.1, 0.15) is 68.6 Å². The lowest BCUT2D eigenvalue weighted by Gasteiger charge is -2.23. The number of fused-ring (bicyclic) bond motifs is 3. The van der Waals surface area contributed by atoms with Crippen LogP contribution in [0.4, 0.5) is 4.79 Å². The summed E-state index contributed by atoms with van der Waals surface area (Å²) in [6.07, 6.45) is 5.00. The molecule has 9 nitrogen and oxygen atoms in total. The van der Waals surface area contributed by atoms with E-state index in [4.69, 9.17) is 18.3 Å². The number of nitrogens with zero attached hydrogens (tertiary/aromatic N) is 1. The van der Waals surface area contributed by atoms with E-state index < -0.39 is 29.7 Å². The minimum atomic E-state index is -1.41. The molecule has 2 aromatic heterocycles. The number of carbonyl (C=O) groups is 1. The highest BCUT2D eigenvalue weighted by Crippen LogP contribution is 2.40. The number of aryl methyl sites for hydroxylation is 1. The molecule has 1 aliphatic rings. The van der Waals surface area contributed by atoms with E-state index in [1.807, 2.05) is 0 Å². The van der Waals surface area contributed by atoms with Crippen molar-refractivity contribution in [2.45, 2.75) is 64.5 Å². The minimum Gasteiger partial charge on any atom is -0.510 e. The van der Waals surface area contributed by atoms with Gasteiger partial charge in [0.15, 0.2) is 17.9 Å². The zero-order valence-electron chi connectivity index (χ0n) is 17.0. The van der Waals surface area contributed by atoms with Gasteiger partial charge in [0, 0.05) is 11.6 Å². The van der Waals surface area contributed by atoms with Gasteiger partial charge in [0.1, 0.15) is 22.5 Å². The zero-order chi connectivity index (χ0) is 21.7. The first-order valence-electron chi connectivity index (χ1n) is 10.1. The van der Waals surface area contributed by atoms with Crippen molar-refractivity contribution < 1.29 is 28.2 Å². The van der Waals surface area contributed by atoms with Crippen molar-refractivity contribution in [3.63, 3.8) is 0 Å². The first-order chi connectivity index (χ1) is 14.5. The van der Waals surface area contributed by atoms with Crippen molar-refractivity contribution in [2.75, 3.05) is 6.61 Å². The molecule has 0 bridgehead atoms. The van der Waals surface area contributed by atoms with Crippen LogP contribution in [0, 0.1) is 11.8 Å². The molecule has 0 amide bonds. The first-order valence-corrected chi connectivity index (χ1v) is 10.1. The predicted molar refractivity (Wildman–Crippen MR) is 108 cm³/mol. The summed E-state index contributed by atoms with van der Waals surface area (Å²) < 4.78 is 21.1. The molecule has 2 aromatic rings. The summed E-state index contributed by atoms with van der Waals surface area (Å²) in [4.78, 5) is 35.7. The Balaban J connectivity index is 1.74. The Morgan fingerprint density at radius 3 is 2.67 bits per heavy atom. The van der Waals surface area contributed by atoms with Crippen LogP contribution in [0.15, 0.2) is 30.6 Å². The van der Waals surface area contributed by atoms with Crippen molar-refractivity contribution in [3.05, 3.63) is 44.2 Å². The second-order valence-corrected chi connectivity index (χ2v) is 7.29. The molecule has 0 saturated heterocycles. The molecule has 0 radical (unpaired) electrons. The van der Waals surface area contributed by atoms with Crippen molar-refractivity contribution in [1.82, 2.24) is 0 Å². The summed E-state index contributed by atoms with van der Waals surface area (Å²) in [6.45, 7) is 3.90. The lowest BCUT2D eigenvalue weighted by molar-refractivity contribution is 0.00530. The van der Waals surface area contributed by atoms with Crippen molar-refractivity contribution in [1.29, 1.82) is 0 Å². The Bertz CT molecular complexity index is 1000. The fourth-order valence-electron chi connectivity index (χ4n) is 3.49. The number of unbranched alkanes of at least 4 members (excludes halogenated alkanes) is 5. The second kappa shape index (κ2) is 9.60. The number of nitroso groups, excluding NO2 is 1. The summed E-state index contributed by atoms with van der Waals surface area (Å²) in [5.74, 6) is -0.0941. The fraction of sp³-hybridized carbons (Fsp3) is 0.524. The number of aliphatic hydroxyl groups excluding tert-OH is 1. The van der Waals surface area contributed by atoms with E-state index in [1.54, 1.807) is 6.92 Å². The molecule has 0 aliphatic heterocycles. The summed E-state index contributed by atoms with van der Waals surface area (Å²) in [5, 5.41) is 13.1. The van der Waals surface area contributed by atoms with Crippen molar-refractivity contribution >= 4 is 23.2 Å². The molecular formula is C21H25NO8. The van der Waals surface area contributed by atoms with E-state index in [1.165, 1.54) is 18.6 Å². The quantitative estimate of drug-likeness (QED) is 0.329. The molecule has 2 unspecified atom stereocenters. The van der Waals surface area contributed by atoms with Crippen LogP contribution in [-0.4, -0.2) is 23.9 Å². The number of rotatable bonds is 9. The number of carbonyl (C=O) groups excluding carboxylic acids is 1. The van der Waals surface area contributed by atoms with Gasteiger partial charge in [-0.1, -0.05) is 44.2 Å². The van der Waals surface area contributed by atoms with Crippen LogP contribution in [0.2, 0.25) is 0 Å². The van der Waals surface area contributed by atoms with Gasteiger partial charge in [-0.25, -0.2) is 9.59 Å². The average molecular weight is 419 g/mol. The maximum Gasteiger partial charge on any atom is 0.509 e. The van der Waals surface area contributed by atoms with Gasteiger partial charge >= 0.3 is 11.8 Å². The van der Waals surface area contributed by atoms with Crippen LogP contribution < -0.4 is 5.63 Å². The van der Waals surface area contributed by atoms with Gasteiger partial charge in [0.2, 0.25) is 0 Å². The SMILES string of the molecule is CCCCCCCCOC(=O)OC1c2oc3cc(C)oc(=O)c3c2C=C(O)C1N=O. The maximum absolute atomic E-state index is 12.2. The van der Waals surface area contributed by atoms with Crippen LogP contribution in [0.5, 0.6) is 0 Å². The van der Waals surface area contributed by atoms with Crippen LogP contribution >= 0.6 is 0 Å². The third-order valence-electron chi connectivity index (χ3n) is 4.99. The molecule has 1 N–H and O–H groups in total. The molecule has 2 heterocycles. The Morgan fingerprint density at radius 2 is 1.93 bits per heavy atom. The van der Waals surface area contributed by atoms with E-state index in [0.717, 1.165) is 25.7 Å². The lowest BCUT2D eigenvalue weighted by atomic mass is 9.95. The van der Waals surface area contributed by atoms with E-state index in [-0.39, 0.29) is 28.9 Å². The molecule has 0 aromatic carbocycles. The van der Waals surface area contributed by atoms with Gasteiger partial charge in [-0.3, -0.25) is 0 Å². The fourth-order valence-corrected chi connectivity index (χ4v) is 3.49. The molecule has 3 rings (SSSR count). The molecule has 2 atom stereocenters. The molecule has 162 valence electrons. The molecule has 30 heavy (non-hydrogen) atoms. The third kappa shape index (κ3) is 4.55. The van der Waals surface area contributed by atoms with E-state index in [0.29, 0.717) is 12.2 Å². The van der Waals surface area contributed by atoms with E-state index in [9.17, 15) is 19.6 Å². The Hall–Kier alpha value is -3.10. The summed E-state index contributed by atoms with van der Waals surface area (Å²) in [6, 6.07) is 0.0878. The highest BCUT2D eigenvalue weighted by Gasteiger charge is 2.41. The van der Waals surface area contributed by atoms with Crippen molar-refractivity contribution in [3.8, 4) is 0 Å². The molecule has 0 fully saturated rings. The van der Waals surface area contributed by atoms with Crippen LogP contribution in [0.25, 0.3) is 17.0 Å². The summed E-state index contributed by atoms with van der Waals surface area (Å²) >= 11 is 0. The standard InChI is InChI=1S/C21H25NO8/c1-3-4-5-6-7-8-9-27-21(25)30-19-17(22-26)14(23)11-13-16-15(29-18(13)19)10-12(2)28-20(16)24/h10-11,17,19,23H,3-9H2,1-2H3. The highest BCUT2D eigenvalue weighted by molar-refractivity contribution is 5.89. The first kappa shape index (κ1) is 21.6. The van der Waals surface area contributed by atoms with Gasteiger partial charge < -0.3 is 23.4 Å². The maximum atomic E-state index is 12.2. The molecular weight excluding hydrogens is 394 g/mol. The molecule has 0 spiro atoms. The third-order valence-corrected chi connectivity index (χ3v) is 4.99. The second-order valence-electron chi connectivity index (χ2n) is 7.29. The lowest BCUT2D eigenvalue weighted by Crippen LogP contribution is -2.27. The van der Waals surface area contributed by atoms with Gasteiger partial charge in [0.05, 0.1) is 6.61 Å². The van der Waals surface area contributed by atoms with E-state index in [2.05, 4.69) is 12.1 Å². The van der Waals surface area contributed by atoms with Gasteiger partial charge in [-0.15, -0.1) is 4.91 Å². The molecule has 1 aliphatic carbocycles. The topological polar surface area (TPSA) is 129 Å². The Labute approximate surface area is 172 Å². The van der Waals surface area contributed by atoms with Gasteiger partial charge in [0.25, 0.3) is 0 Å². The smallest absolute Gasteiger partial charge is 0.509 e. The number of aliphatic hydroxyl groups is 1. The summed E-state index contributed by atoms with van der Waals surface area (Å²) in [5.41, 5.74) is -0.288. The Morgan fingerprint density at radius 1 is 1.20 bits per heavy atom. The number of hydrogen-bond acceptors (Lipinski definition) is 9. The van der Waals surface area contributed by atoms with Crippen LogP contribution in [0.3, 0.4) is 0 Å². The highest BCUT2D eigenvalue weighted by atomic mass is 16.7. The predicted octanol–water partition coefficient (Wildman–Crippen LogP) is 5.30. The summed E-state index contributed by atoms with van der Waals surface area (Å²) in [7, 11) is 0. The minimum absolute atomic E-state index is 0.0295. The van der Waals surface area contributed by atoms with Gasteiger partial charge in [-0.05, 0) is 19.4 Å². The normalized spacial score (nSPS) is 18.0. The zero-order valence-corrected chi connectivity index (χ0v) is 17.0. The number of furan rings is 1. The van der Waals surface area contributed by atoms with Crippen LogP contribution in [-0.2, 0) is 9.47 Å². The number of ether oxygens (including phenoxy) is 2. The molecule has 0 saturated carbocycles. The van der Waals surface area contributed by atoms with E-state index >= 15 is 0 Å². The molecule has 9 heteroatoms. The van der Waals surface area contributed by atoms with Gasteiger partial charge in [-0.2, -0.15) is 0 Å².